The molecule has 0 radical (unpaired) electrons. The van der Waals surface area contributed by atoms with Crippen molar-refractivity contribution in [1.82, 2.24) is 10.2 Å². The second-order valence-electron chi connectivity index (χ2n) is 4.74. The van der Waals surface area contributed by atoms with Gasteiger partial charge in [0.05, 0.1) is 16.7 Å². The summed E-state index contributed by atoms with van der Waals surface area (Å²) in [5.41, 5.74) is 1.57. The average molecular weight is 358 g/mol. The molecule has 0 aliphatic rings. The molecule has 0 amide bonds. The van der Waals surface area contributed by atoms with Crippen molar-refractivity contribution in [3.8, 4) is 11.8 Å². The monoisotopic (exact) mass is 357 g/mol. The van der Waals surface area contributed by atoms with E-state index in [0.29, 0.717) is 33.2 Å². The zero-order valence-corrected chi connectivity index (χ0v) is 14.0. The van der Waals surface area contributed by atoms with Gasteiger partial charge in [-0.1, -0.05) is 53.7 Å². The van der Waals surface area contributed by atoms with Crippen molar-refractivity contribution in [2.24, 2.45) is 0 Å². The normalized spacial score (nSPS) is 10.3. The highest BCUT2D eigenvalue weighted by Crippen LogP contribution is 2.26. The first-order chi connectivity index (χ1) is 11.8. The molecule has 24 heavy (non-hydrogen) atoms. The zero-order chi connectivity index (χ0) is 16.8. The first-order valence-electron chi connectivity index (χ1n) is 7.07. The predicted octanol–water partition coefficient (Wildman–Crippen LogP) is 4.47. The molecule has 3 rings (SSSR count). The Balaban J connectivity index is 1.58. The average Bonchev–Trinajstić information content (AvgIpc) is 3.07. The maximum absolute atomic E-state index is 9.08. The van der Waals surface area contributed by atoms with Crippen molar-refractivity contribution in [3.63, 3.8) is 0 Å². The number of ether oxygens (including phenoxy) is 1. The highest BCUT2D eigenvalue weighted by molar-refractivity contribution is 7.98. The summed E-state index contributed by atoms with van der Waals surface area (Å²) in [4.78, 5) is 0. The molecule has 120 valence electrons. The molecule has 0 bridgehead atoms. The van der Waals surface area contributed by atoms with Crippen molar-refractivity contribution >= 4 is 23.4 Å². The molecule has 2 aromatic carbocycles. The van der Waals surface area contributed by atoms with Crippen molar-refractivity contribution in [1.29, 1.82) is 5.26 Å². The molecule has 0 unspecified atom stereocenters. The lowest BCUT2D eigenvalue weighted by atomic mass is 10.1. The Kier molecular flexibility index (Phi) is 5.36. The van der Waals surface area contributed by atoms with Crippen LogP contribution in [0, 0.1) is 11.3 Å². The lowest BCUT2D eigenvalue weighted by molar-refractivity contribution is 0.252. The van der Waals surface area contributed by atoms with Gasteiger partial charge in [0.2, 0.25) is 0 Å². The Labute approximate surface area is 148 Å². The van der Waals surface area contributed by atoms with E-state index in [-0.39, 0.29) is 6.61 Å². The molecule has 5 nitrogen and oxygen atoms in total. The molecule has 0 fully saturated rings. The minimum Gasteiger partial charge on any atom is -0.482 e. The summed E-state index contributed by atoms with van der Waals surface area (Å²) in [5, 5.41) is 18.0. The van der Waals surface area contributed by atoms with Gasteiger partial charge in [-0.15, -0.1) is 10.2 Å². The fourth-order valence-electron chi connectivity index (χ4n) is 1.95. The molecule has 0 N–H and O–H groups in total. The number of aromatic nitrogens is 2. The van der Waals surface area contributed by atoms with E-state index in [2.05, 4.69) is 16.3 Å². The van der Waals surface area contributed by atoms with Gasteiger partial charge in [-0.05, 0) is 23.8 Å². The first kappa shape index (κ1) is 16.4. The van der Waals surface area contributed by atoms with Gasteiger partial charge in [-0.25, -0.2) is 0 Å². The van der Waals surface area contributed by atoms with Gasteiger partial charge in [0, 0.05) is 5.75 Å². The number of hydrogen-bond acceptors (Lipinski definition) is 6. The number of benzene rings is 2. The SMILES string of the molecule is N#Cc1ccccc1CSc1nnc(COc2ccccc2Cl)o1. The van der Waals surface area contributed by atoms with E-state index in [1.165, 1.54) is 11.8 Å². The third-order valence-electron chi connectivity index (χ3n) is 3.13. The molecular weight excluding hydrogens is 346 g/mol. The molecular formula is C17H12ClN3O2S. The topological polar surface area (TPSA) is 71.9 Å². The van der Waals surface area contributed by atoms with Crippen molar-refractivity contribution < 1.29 is 9.15 Å². The van der Waals surface area contributed by atoms with Crippen LogP contribution in [0.15, 0.2) is 58.2 Å². The first-order valence-corrected chi connectivity index (χ1v) is 8.43. The number of hydrogen-bond donors (Lipinski definition) is 0. The van der Waals surface area contributed by atoms with Crippen LogP contribution in [0.4, 0.5) is 0 Å². The second-order valence-corrected chi connectivity index (χ2v) is 6.07. The van der Waals surface area contributed by atoms with Crippen molar-refractivity contribution in [2.75, 3.05) is 0 Å². The van der Waals surface area contributed by atoms with E-state index in [4.69, 9.17) is 26.0 Å². The summed E-state index contributed by atoms with van der Waals surface area (Å²) in [5.74, 6) is 1.51. The van der Waals surface area contributed by atoms with Gasteiger partial charge in [0.15, 0.2) is 6.61 Å². The van der Waals surface area contributed by atoms with Crippen LogP contribution in [-0.2, 0) is 12.4 Å². The van der Waals surface area contributed by atoms with Crippen LogP contribution in [0.2, 0.25) is 5.02 Å². The maximum atomic E-state index is 9.08. The minimum atomic E-state index is 0.145. The predicted molar refractivity (Wildman–Crippen MR) is 90.8 cm³/mol. The van der Waals surface area contributed by atoms with Gasteiger partial charge < -0.3 is 9.15 Å². The molecule has 1 heterocycles. The van der Waals surface area contributed by atoms with Crippen LogP contribution in [-0.4, -0.2) is 10.2 Å². The zero-order valence-electron chi connectivity index (χ0n) is 12.5. The van der Waals surface area contributed by atoms with Crippen LogP contribution in [0.3, 0.4) is 0 Å². The van der Waals surface area contributed by atoms with E-state index >= 15 is 0 Å². The highest BCUT2D eigenvalue weighted by atomic mass is 35.5. The maximum Gasteiger partial charge on any atom is 0.277 e. The molecule has 0 aliphatic carbocycles. The fraction of sp³-hybridized carbons (Fsp3) is 0.118. The summed E-state index contributed by atoms with van der Waals surface area (Å²) in [6.45, 7) is 0.145. The quantitative estimate of drug-likeness (QED) is 0.606. The minimum absolute atomic E-state index is 0.145. The molecule has 0 atom stereocenters. The van der Waals surface area contributed by atoms with Crippen molar-refractivity contribution in [3.05, 3.63) is 70.6 Å². The van der Waals surface area contributed by atoms with E-state index < -0.39 is 0 Å². The molecule has 0 saturated heterocycles. The number of halogens is 1. The molecule has 0 saturated carbocycles. The summed E-state index contributed by atoms with van der Waals surface area (Å²) in [6, 6.07) is 16.8. The standard InChI is InChI=1S/C17H12ClN3O2S/c18-14-7-3-4-8-15(14)22-10-16-20-21-17(23-16)24-11-13-6-2-1-5-12(13)9-19/h1-8H,10-11H2. The smallest absolute Gasteiger partial charge is 0.277 e. The Morgan fingerprint density at radius 1 is 1.12 bits per heavy atom. The second kappa shape index (κ2) is 7.86. The van der Waals surface area contributed by atoms with Crippen LogP contribution in [0.1, 0.15) is 17.0 Å². The molecule has 7 heteroatoms. The van der Waals surface area contributed by atoms with Gasteiger partial charge in [-0.2, -0.15) is 5.26 Å². The Morgan fingerprint density at radius 2 is 1.92 bits per heavy atom. The largest absolute Gasteiger partial charge is 0.482 e. The number of nitrogens with zero attached hydrogens (tertiary/aromatic N) is 3. The van der Waals surface area contributed by atoms with Gasteiger partial charge in [-0.3, -0.25) is 0 Å². The number of nitriles is 1. The van der Waals surface area contributed by atoms with E-state index in [0.717, 1.165) is 5.56 Å². The summed E-state index contributed by atoms with van der Waals surface area (Å²) < 4.78 is 11.1. The number of para-hydroxylation sites is 1. The van der Waals surface area contributed by atoms with Crippen LogP contribution >= 0.6 is 23.4 Å². The van der Waals surface area contributed by atoms with E-state index in [1.807, 2.05) is 30.3 Å². The highest BCUT2D eigenvalue weighted by Gasteiger charge is 2.10. The van der Waals surface area contributed by atoms with Crippen LogP contribution < -0.4 is 4.74 Å². The number of thioether (sulfide) groups is 1. The molecule has 3 aromatic rings. The van der Waals surface area contributed by atoms with Crippen LogP contribution in [0.5, 0.6) is 5.75 Å². The molecule has 0 aliphatic heterocycles. The molecule has 1 aromatic heterocycles. The third kappa shape index (κ3) is 4.07. The molecule has 0 spiro atoms. The van der Waals surface area contributed by atoms with Gasteiger partial charge in [0.1, 0.15) is 5.75 Å². The third-order valence-corrected chi connectivity index (χ3v) is 4.30. The fourth-order valence-corrected chi connectivity index (χ4v) is 2.93. The lowest BCUT2D eigenvalue weighted by Crippen LogP contribution is -1.95. The Hall–Kier alpha value is -2.49. The van der Waals surface area contributed by atoms with Gasteiger partial charge >= 0.3 is 0 Å². The lowest BCUT2D eigenvalue weighted by Gasteiger charge is -2.04. The van der Waals surface area contributed by atoms with Crippen molar-refractivity contribution in [2.45, 2.75) is 17.6 Å². The van der Waals surface area contributed by atoms with E-state index in [9.17, 15) is 0 Å². The Morgan fingerprint density at radius 3 is 2.75 bits per heavy atom. The van der Waals surface area contributed by atoms with Crippen LogP contribution in [0.25, 0.3) is 0 Å². The summed E-state index contributed by atoms with van der Waals surface area (Å²) in [7, 11) is 0. The summed E-state index contributed by atoms with van der Waals surface area (Å²) >= 11 is 7.40. The van der Waals surface area contributed by atoms with Gasteiger partial charge in [0.25, 0.3) is 11.1 Å². The summed E-state index contributed by atoms with van der Waals surface area (Å²) in [6.07, 6.45) is 0. The Bertz CT molecular complexity index is 876. The number of rotatable bonds is 6. The van der Waals surface area contributed by atoms with E-state index in [1.54, 1.807) is 18.2 Å².